The second-order valence-corrected chi connectivity index (χ2v) is 10.7. The summed E-state index contributed by atoms with van der Waals surface area (Å²) in [4.78, 5) is 18.4. The van der Waals surface area contributed by atoms with Crippen molar-refractivity contribution in [3.05, 3.63) is 50.4 Å². The summed E-state index contributed by atoms with van der Waals surface area (Å²) in [5.74, 6) is 1.01. The van der Waals surface area contributed by atoms with Gasteiger partial charge in [-0.2, -0.15) is 0 Å². The van der Waals surface area contributed by atoms with E-state index in [1.54, 1.807) is 11.3 Å². The van der Waals surface area contributed by atoms with E-state index in [1.165, 1.54) is 28.0 Å². The number of thiazole rings is 1. The summed E-state index contributed by atoms with van der Waals surface area (Å²) < 4.78 is 3.12. The van der Waals surface area contributed by atoms with Gasteiger partial charge in [-0.25, -0.2) is 4.98 Å². The minimum atomic E-state index is -0.108. The van der Waals surface area contributed by atoms with Crippen LogP contribution >= 0.6 is 50.4 Å². The molecular formula is C22H22BrN5OS3. The quantitative estimate of drug-likeness (QED) is 0.239. The molecule has 0 bridgehead atoms. The first kappa shape index (κ1) is 23.2. The average Bonchev–Trinajstić information content (AvgIpc) is 3.53. The van der Waals surface area contributed by atoms with Crippen LogP contribution in [-0.4, -0.2) is 31.4 Å². The number of anilines is 1. The first-order valence-electron chi connectivity index (χ1n) is 10.2. The third-order valence-electron chi connectivity index (χ3n) is 4.65. The molecule has 0 aliphatic heterocycles. The number of aryl methyl sites for hydroxylation is 1. The number of nitrogens with zero attached hydrogens (tertiary/aromatic N) is 4. The van der Waals surface area contributed by atoms with Crippen LogP contribution in [0.4, 0.5) is 5.13 Å². The van der Waals surface area contributed by atoms with Crippen LogP contribution in [0.25, 0.3) is 22.6 Å². The van der Waals surface area contributed by atoms with Crippen LogP contribution in [0.5, 0.6) is 0 Å². The van der Waals surface area contributed by atoms with E-state index in [9.17, 15) is 4.79 Å². The predicted molar refractivity (Wildman–Crippen MR) is 138 cm³/mol. The lowest BCUT2D eigenvalue weighted by molar-refractivity contribution is -0.113. The van der Waals surface area contributed by atoms with Crippen molar-refractivity contribution in [3.63, 3.8) is 0 Å². The molecule has 10 heteroatoms. The third kappa shape index (κ3) is 5.48. The molecule has 0 spiro atoms. The number of carbonyl (C=O) groups is 1. The number of amides is 1. The standard InChI is InChI=1S/C22H22BrN5OS3/c1-3-9-28-20(15-10-17(4-2)30-11-15)26-27-22(28)32-13-19(29)25-21-24-18(12-31-21)14-5-7-16(23)8-6-14/h5-8,10-12H,3-4,9,13H2,1-2H3,(H,24,25,29). The first-order valence-corrected chi connectivity index (χ1v) is 13.8. The minimum absolute atomic E-state index is 0.108. The Morgan fingerprint density at radius 3 is 2.66 bits per heavy atom. The normalized spacial score (nSPS) is 11.1. The van der Waals surface area contributed by atoms with Gasteiger partial charge in [-0.15, -0.1) is 32.9 Å². The lowest BCUT2D eigenvalue weighted by atomic mass is 10.2. The van der Waals surface area contributed by atoms with Gasteiger partial charge in [-0.1, -0.05) is 53.7 Å². The number of carbonyl (C=O) groups excluding carboxylic acids is 1. The topological polar surface area (TPSA) is 72.7 Å². The maximum absolute atomic E-state index is 12.5. The summed E-state index contributed by atoms with van der Waals surface area (Å²) in [7, 11) is 0. The van der Waals surface area contributed by atoms with E-state index < -0.39 is 0 Å². The van der Waals surface area contributed by atoms with Crippen LogP contribution in [0, 0.1) is 0 Å². The molecule has 4 aromatic rings. The molecule has 4 rings (SSSR count). The zero-order valence-corrected chi connectivity index (χ0v) is 21.7. The molecule has 6 nitrogen and oxygen atoms in total. The number of nitrogens with one attached hydrogen (secondary N) is 1. The van der Waals surface area contributed by atoms with Gasteiger partial charge in [0.05, 0.1) is 11.4 Å². The van der Waals surface area contributed by atoms with Gasteiger partial charge in [0.25, 0.3) is 0 Å². The highest BCUT2D eigenvalue weighted by atomic mass is 79.9. The van der Waals surface area contributed by atoms with Crippen LogP contribution in [-0.2, 0) is 17.8 Å². The van der Waals surface area contributed by atoms with E-state index >= 15 is 0 Å². The molecule has 0 unspecified atom stereocenters. The van der Waals surface area contributed by atoms with Gasteiger partial charge in [0.2, 0.25) is 5.91 Å². The number of benzene rings is 1. The zero-order valence-electron chi connectivity index (χ0n) is 17.7. The fraction of sp³-hybridized carbons (Fsp3) is 0.273. The summed E-state index contributed by atoms with van der Waals surface area (Å²) in [6, 6.07) is 10.1. The highest BCUT2D eigenvalue weighted by molar-refractivity contribution is 9.10. The fourth-order valence-corrected chi connectivity index (χ4v) is 5.67. The number of aromatic nitrogens is 4. The lowest BCUT2D eigenvalue weighted by Gasteiger charge is -2.07. The summed E-state index contributed by atoms with van der Waals surface area (Å²) in [6.07, 6.45) is 1.97. The molecule has 166 valence electrons. The number of halogens is 1. The molecule has 1 N–H and O–H groups in total. The average molecular weight is 549 g/mol. The number of rotatable bonds is 9. The SMILES string of the molecule is CCCn1c(SCC(=O)Nc2nc(-c3ccc(Br)cc3)cs2)nnc1-c1csc(CC)c1. The van der Waals surface area contributed by atoms with Crippen LogP contribution < -0.4 is 5.32 Å². The van der Waals surface area contributed by atoms with Gasteiger partial charge in [0.15, 0.2) is 16.1 Å². The molecule has 3 aromatic heterocycles. The highest BCUT2D eigenvalue weighted by Crippen LogP contribution is 2.29. The van der Waals surface area contributed by atoms with Crippen molar-refractivity contribution in [3.8, 4) is 22.6 Å². The van der Waals surface area contributed by atoms with Crippen molar-refractivity contribution in [2.45, 2.75) is 38.4 Å². The number of hydrogen-bond acceptors (Lipinski definition) is 7. The maximum Gasteiger partial charge on any atom is 0.236 e. The van der Waals surface area contributed by atoms with E-state index in [2.05, 4.69) is 66.3 Å². The molecule has 0 radical (unpaired) electrons. The Morgan fingerprint density at radius 2 is 1.94 bits per heavy atom. The zero-order chi connectivity index (χ0) is 22.5. The van der Waals surface area contributed by atoms with Gasteiger partial charge >= 0.3 is 0 Å². The van der Waals surface area contributed by atoms with Crippen molar-refractivity contribution in [1.29, 1.82) is 0 Å². The van der Waals surface area contributed by atoms with E-state index in [0.717, 1.165) is 51.7 Å². The van der Waals surface area contributed by atoms with Crippen molar-refractivity contribution >= 4 is 61.4 Å². The molecular weight excluding hydrogens is 526 g/mol. The van der Waals surface area contributed by atoms with Crippen molar-refractivity contribution in [2.75, 3.05) is 11.1 Å². The molecule has 0 atom stereocenters. The Bertz CT molecular complexity index is 1200. The first-order chi connectivity index (χ1) is 15.6. The summed E-state index contributed by atoms with van der Waals surface area (Å²) in [6.45, 7) is 5.09. The molecule has 0 saturated heterocycles. The smallest absolute Gasteiger partial charge is 0.236 e. The van der Waals surface area contributed by atoms with Gasteiger partial charge in [-0.05, 0) is 31.0 Å². The van der Waals surface area contributed by atoms with Crippen molar-refractivity contribution in [2.24, 2.45) is 0 Å². The molecule has 1 aromatic carbocycles. The van der Waals surface area contributed by atoms with Gasteiger partial charge in [-0.3, -0.25) is 4.79 Å². The van der Waals surface area contributed by atoms with Crippen LogP contribution in [0.1, 0.15) is 25.1 Å². The van der Waals surface area contributed by atoms with E-state index in [1.807, 2.05) is 29.6 Å². The Labute approximate surface area is 207 Å². The van der Waals surface area contributed by atoms with Gasteiger partial charge < -0.3 is 9.88 Å². The second-order valence-electron chi connectivity index (χ2n) is 6.99. The number of thioether (sulfide) groups is 1. The number of thiophene rings is 1. The molecule has 0 saturated carbocycles. The van der Waals surface area contributed by atoms with Crippen molar-refractivity contribution in [1.82, 2.24) is 19.7 Å². The molecule has 0 aliphatic rings. The Hall–Kier alpha value is -2.01. The minimum Gasteiger partial charge on any atom is -0.302 e. The molecule has 1 amide bonds. The molecule has 3 heterocycles. The van der Waals surface area contributed by atoms with Crippen LogP contribution in [0.3, 0.4) is 0 Å². The van der Waals surface area contributed by atoms with E-state index in [4.69, 9.17) is 0 Å². The molecule has 0 fully saturated rings. The Balaban J connectivity index is 1.40. The Kier molecular flexibility index (Phi) is 7.77. The Morgan fingerprint density at radius 1 is 1.12 bits per heavy atom. The molecule has 0 aliphatic carbocycles. The summed E-state index contributed by atoms with van der Waals surface area (Å²) in [5.41, 5.74) is 2.95. The fourth-order valence-electron chi connectivity index (χ4n) is 3.09. The van der Waals surface area contributed by atoms with Crippen molar-refractivity contribution < 1.29 is 4.79 Å². The predicted octanol–water partition coefficient (Wildman–Crippen LogP) is 6.60. The van der Waals surface area contributed by atoms with Crippen LogP contribution in [0.2, 0.25) is 0 Å². The molecule has 32 heavy (non-hydrogen) atoms. The highest BCUT2D eigenvalue weighted by Gasteiger charge is 2.17. The van der Waals surface area contributed by atoms with E-state index in [0.29, 0.717) is 5.13 Å². The summed E-state index contributed by atoms with van der Waals surface area (Å²) >= 11 is 8.00. The van der Waals surface area contributed by atoms with Gasteiger partial charge in [0.1, 0.15) is 0 Å². The third-order valence-corrected chi connectivity index (χ3v) is 7.98. The lowest BCUT2D eigenvalue weighted by Crippen LogP contribution is -2.14. The maximum atomic E-state index is 12.5. The monoisotopic (exact) mass is 547 g/mol. The van der Waals surface area contributed by atoms with Gasteiger partial charge in [0, 0.05) is 37.8 Å². The number of hydrogen-bond donors (Lipinski definition) is 1. The second kappa shape index (κ2) is 10.7. The van der Waals surface area contributed by atoms with Crippen LogP contribution in [0.15, 0.2) is 50.7 Å². The summed E-state index contributed by atoms with van der Waals surface area (Å²) in [5, 5.41) is 17.1. The van der Waals surface area contributed by atoms with E-state index in [-0.39, 0.29) is 11.7 Å². The largest absolute Gasteiger partial charge is 0.302 e.